The molecule has 2 aromatic rings. The molecule has 1 amide bonds. The van der Waals surface area contributed by atoms with Crippen molar-refractivity contribution in [2.24, 2.45) is 0 Å². The zero-order valence-corrected chi connectivity index (χ0v) is 14.9. The van der Waals surface area contributed by atoms with Crippen LogP contribution in [-0.2, 0) is 16.8 Å². The van der Waals surface area contributed by atoms with Crippen LogP contribution in [0.3, 0.4) is 0 Å². The summed E-state index contributed by atoms with van der Waals surface area (Å²) in [7, 11) is 0. The molecule has 124 valence electrons. The van der Waals surface area contributed by atoms with E-state index < -0.39 is 0 Å². The van der Waals surface area contributed by atoms with E-state index in [1.165, 1.54) is 16.4 Å². The second-order valence-corrected chi connectivity index (χ2v) is 7.50. The van der Waals surface area contributed by atoms with Crippen LogP contribution in [0.15, 0.2) is 29.4 Å². The van der Waals surface area contributed by atoms with Gasteiger partial charge < -0.3 is 11.2 Å². The summed E-state index contributed by atoms with van der Waals surface area (Å²) >= 11 is 7.08. The summed E-state index contributed by atoms with van der Waals surface area (Å²) in [6, 6.07) is 7.34. The number of nitrogens with zero attached hydrogens (tertiary/aromatic N) is 3. The second-order valence-electron chi connectivity index (χ2n) is 6.12. The van der Waals surface area contributed by atoms with Crippen molar-refractivity contribution in [2.75, 3.05) is 11.6 Å². The zero-order valence-electron chi connectivity index (χ0n) is 13.3. The first-order valence-corrected chi connectivity index (χ1v) is 8.48. The Hall–Kier alpha value is -1.73. The van der Waals surface area contributed by atoms with Gasteiger partial charge in [0, 0.05) is 17.0 Å². The molecule has 2 rings (SSSR count). The van der Waals surface area contributed by atoms with E-state index in [2.05, 4.69) is 15.5 Å². The zero-order chi connectivity index (χ0) is 17.0. The number of aromatic nitrogens is 3. The fourth-order valence-corrected chi connectivity index (χ4v) is 2.68. The van der Waals surface area contributed by atoms with Crippen molar-refractivity contribution in [1.29, 1.82) is 0 Å². The maximum absolute atomic E-state index is 11.9. The fourth-order valence-electron chi connectivity index (χ4n) is 1.87. The number of hydrogen-bond acceptors (Lipinski definition) is 5. The van der Waals surface area contributed by atoms with Gasteiger partial charge in [-0.2, -0.15) is 0 Å². The Balaban J connectivity index is 1.85. The van der Waals surface area contributed by atoms with Crippen LogP contribution < -0.4 is 11.2 Å². The van der Waals surface area contributed by atoms with Crippen LogP contribution in [0.5, 0.6) is 0 Å². The van der Waals surface area contributed by atoms with Gasteiger partial charge in [-0.05, 0) is 17.7 Å². The molecule has 0 saturated carbocycles. The lowest BCUT2D eigenvalue weighted by Gasteiger charge is -2.16. The summed E-state index contributed by atoms with van der Waals surface area (Å²) < 4.78 is 1.44. The molecule has 0 radical (unpaired) electrons. The number of carbonyl (C=O) groups is 1. The molecule has 0 fully saturated rings. The lowest BCUT2D eigenvalue weighted by Crippen LogP contribution is -2.26. The van der Waals surface area contributed by atoms with Gasteiger partial charge in [0.25, 0.3) is 0 Å². The molecule has 6 nitrogen and oxygen atoms in total. The van der Waals surface area contributed by atoms with Gasteiger partial charge in [-0.25, -0.2) is 4.68 Å². The monoisotopic (exact) mass is 353 g/mol. The van der Waals surface area contributed by atoms with Crippen LogP contribution in [0.1, 0.15) is 32.2 Å². The summed E-state index contributed by atoms with van der Waals surface area (Å²) in [6.45, 7) is 6.48. The van der Waals surface area contributed by atoms with Crippen LogP contribution in [-0.4, -0.2) is 26.5 Å². The fraction of sp³-hybridized carbons (Fsp3) is 0.400. The first-order chi connectivity index (χ1) is 10.8. The smallest absolute Gasteiger partial charge is 0.230 e. The number of carbonyl (C=O) groups excluding carboxylic acids is 1. The Kier molecular flexibility index (Phi) is 5.54. The van der Waals surface area contributed by atoms with E-state index in [0.717, 1.165) is 5.56 Å². The molecule has 0 aliphatic carbocycles. The molecule has 1 aromatic carbocycles. The first kappa shape index (κ1) is 17.6. The molecule has 1 heterocycles. The van der Waals surface area contributed by atoms with Crippen molar-refractivity contribution < 1.29 is 4.79 Å². The van der Waals surface area contributed by atoms with Crippen LogP contribution in [0.4, 0.5) is 0 Å². The third-order valence-corrected chi connectivity index (χ3v) is 4.27. The number of benzene rings is 1. The van der Waals surface area contributed by atoms with Gasteiger partial charge in [0.05, 0.1) is 5.75 Å². The average Bonchev–Trinajstić information content (AvgIpc) is 2.85. The summed E-state index contributed by atoms with van der Waals surface area (Å²) in [5.41, 5.74) is 0.793. The van der Waals surface area contributed by atoms with E-state index in [9.17, 15) is 4.79 Å². The normalized spacial score (nSPS) is 11.5. The molecule has 0 bridgehead atoms. The molecule has 1 aromatic heterocycles. The summed E-state index contributed by atoms with van der Waals surface area (Å²) in [4.78, 5) is 11.9. The lowest BCUT2D eigenvalue weighted by atomic mass is 9.96. The van der Waals surface area contributed by atoms with Crippen LogP contribution >= 0.6 is 23.4 Å². The topological polar surface area (TPSA) is 85.8 Å². The van der Waals surface area contributed by atoms with Crippen molar-refractivity contribution in [3.63, 3.8) is 0 Å². The minimum absolute atomic E-state index is 0.0924. The van der Waals surface area contributed by atoms with Crippen LogP contribution in [0, 0.1) is 0 Å². The summed E-state index contributed by atoms with van der Waals surface area (Å²) in [6.07, 6.45) is 0. The number of nitrogens with one attached hydrogen (secondary N) is 1. The van der Waals surface area contributed by atoms with E-state index >= 15 is 0 Å². The Bertz CT molecular complexity index is 678. The highest BCUT2D eigenvalue weighted by Crippen LogP contribution is 2.23. The van der Waals surface area contributed by atoms with Gasteiger partial charge in [-0.1, -0.05) is 56.3 Å². The van der Waals surface area contributed by atoms with Crippen molar-refractivity contribution >= 4 is 29.3 Å². The second kappa shape index (κ2) is 7.23. The molecule has 0 unspecified atom stereocenters. The SMILES string of the molecule is CC(C)(C)c1nnc(SCC(=O)NCc2ccc(Cl)cc2)n1N. The lowest BCUT2D eigenvalue weighted by molar-refractivity contribution is -0.118. The minimum atomic E-state index is -0.197. The molecule has 0 atom stereocenters. The van der Waals surface area contributed by atoms with Gasteiger partial charge in [0.15, 0.2) is 5.82 Å². The van der Waals surface area contributed by atoms with Crippen molar-refractivity contribution in [2.45, 2.75) is 37.9 Å². The summed E-state index contributed by atoms with van der Waals surface area (Å²) in [5, 5.41) is 12.2. The van der Waals surface area contributed by atoms with Gasteiger partial charge in [-0.3, -0.25) is 4.79 Å². The standard InChI is InChI=1S/C15H20ClN5OS/c1-15(2,3)13-19-20-14(21(13)17)23-9-12(22)18-8-10-4-6-11(16)7-5-10/h4-7H,8-9,17H2,1-3H3,(H,18,22). The number of nitrogens with two attached hydrogens (primary N) is 1. The van der Waals surface area contributed by atoms with E-state index in [1.807, 2.05) is 32.9 Å². The molecule has 8 heteroatoms. The number of nitrogen functional groups attached to an aromatic ring is 1. The molecule has 0 aliphatic heterocycles. The molecule has 0 saturated heterocycles. The quantitative estimate of drug-likeness (QED) is 0.636. The number of rotatable bonds is 5. The summed E-state index contributed by atoms with van der Waals surface area (Å²) in [5.74, 6) is 6.80. The third kappa shape index (κ3) is 4.87. The predicted octanol–water partition coefficient (Wildman–Crippen LogP) is 2.35. The van der Waals surface area contributed by atoms with Crippen molar-refractivity contribution in [3.05, 3.63) is 40.7 Å². The van der Waals surface area contributed by atoms with E-state index in [0.29, 0.717) is 22.5 Å². The highest BCUT2D eigenvalue weighted by atomic mass is 35.5. The molecule has 0 spiro atoms. The Morgan fingerprint density at radius 3 is 2.52 bits per heavy atom. The number of thioether (sulfide) groups is 1. The number of halogens is 1. The van der Waals surface area contributed by atoms with Crippen molar-refractivity contribution in [1.82, 2.24) is 20.2 Å². The van der Waals surface area contributed by atoms with Gasteiger partial charge in [0.1, 0.15) is 0 Å². The van der Waals surface area contributed by atoms with E-state index in [1.54, 1.807) is 12.1 Å². The minimum Gasteiger partial charge on any atom is -0.351 e. The largest absolute Gasteiger partial charge is 0.351 e. The Labute approximate surface area is 144 Å². The molecular formula is C15H20ClN5OS. The molecule has 3 N–H and O–H groups in total. The van der Waals surface area contributed by atoms with E-state index in [4.69, 9.17) is 17.4 Å². The van der Waals surface area contributed by atoms with Crippen LogP contribution in [0.25, 0.3) is 0 Å². The van der Waals surface area contributed by atoms with Gasteiger partial charge >= 0.3 is 0 Å². The van der Waals surface area contributed by atoms with Crippen LogP contribution in [0.2, 0.25) is 5.02 Å². The van der Waals surface area contributed by atoms with Crippen molar-refractivity contribution in [3.8, 4) is 0 Å². The van der Waals surface area contributed by atoms with Gasteiger partial charge in [0.2, 0.25) is 11.1 Å². The highest BCUT2D eigenvalue weighted by molar-refractivity contribution is 7.99. The molecular weight excluding hydrogens is 334 g/mol. The Morgan fingerprint density at radius 2 is 1.96 bits per heavy atom. The van der Waals surface area contributed by atoms with Gasteiger partial charge in [-0.15, -0.1) is 10.2 Å². The maximum atomic E-state index is 11.9. The molecule has 23 heavy (non-hydrogen) atoms. The average molecular weight is 354 g/mol. The number of amides is 1. The molecule has 0 aliphatic rings. The third-order valence-electron chi connectivity index (χ3n) is 3.07. The van der Waals surface area contributed by atoms with E-state index in [-0.39, 0.29) is 17.1 Å². The number of hydrogen-bond donors (Lipinski definition) is 2. The first-order valence-electron chi connectivity index (χ1n) is 7.12. The highest BCUT2D eigenvalue weighted by Gasteiger charge is 2.23. The maximum Gasteiger partial charge on any atom is 0.230 e. The Morgan fingerprint density at radius 1 is 1.30 bits per heavy atom. The predicted molar refractivity (Wildman–Crippen MR) is 92.9 cm³/mol.